The highest BCUT2D eigenvalue weighted by Gasteiger charge is 2.53. The number of aliphatic hydroxyl groups excluding tert-OH is 1. The van der Waals surface area contributed by atoms with Crippen LogP contribution in [0.15, 0.2) is 78.2 Å². The summed E-state index contributed by atoms with van der Waals surface area (Å²) in [7, 11) is -3.98. The number of sulfonamides is 1. The first-order valence-electron chi connectivity index (χ1n) is 12.4. The molecule has 2 saturated heterocycles. The average molecular weight is 566 g/mol. The minimum atomic E-state index is -3.98. The van der Waals surface area contributed by atoms with Crippen LogP contribution >= 0.6 is 11.6 Å². The molecule has 2 aromatic heterocycles. The first-order valence-corrected chi connectivity index (χ1v) is 14.2. The third kappa shape index (κ3) is 4.71. The van der Waals surface area contributed by atoms with Crippen LogP contribution in [0.4, 0.5) is 0 Å². The summed E-state index contributed by atoms with van der Waals surface area (Å²) in [4.78, 5) is 25.9. The number of ketones is 1. The van der Waals surface area contributed by atoms with Gasteiger partial charge in [0, 0.05) is 41.8 Å². The number of piperidine rings is 1. The summed E-state index contributed by atoms with van der Waals surface area (Å²) >= 11 is 6.05. The lowest BCUT2D eigenvalue weighted by Gasteiger charge is -2.52. The van der Waals surface area contributed by atoms with E-state index in [0.29, 0.717) is 16.0 Å². The number of fused-ring (bicyclic) bond motifs is 3. The zero-order chi connectivity index (χ0) is 27.3. The second-order valence-electron chi connectivity index (χ2n) is 9.91. The number of nitrogens with zero attached hydrogens (tertiary/aromatic N) is 4. The predicted molar refractivity (Wildman–Crippen MR) is 143 cm³/mol. The van der Waals surface area contributed by atoms with Gasteiger partial charge >= 0.3 is 0 Å². The maximum absolute atomic E-state index is 13.6. The Kier molecular flexibility index (Phi) is 6.66. The van der Waals surface area contributed by atoms with Gasteiger partial charge < -0.3 is 15.4 Å². The van der Waals surface area contributed by atoms with Crippen molar-refractivity contribution in [1.82, 2.24) is 19.3 Å². The number of aromatic nitrogens is 3. The molecule has 10 nitrogen and oxygen atoms in total. The van der Waals surface area contributed by atoms with Crippen molar-refractivity contribution in [2.45, 2.75) is 29.5 Å². The fraction of sp³-hybridized carbons (Fsp3) is 0.259. The minimum absolute atomic E-state index is 0.0108. The van der Waals surface area contributed by atoms with Gasteiger partial charge in [0.15, 0.2) is 5.82 Å². The summed E-state index contributed by atoms with van der Waals surface area (Å²) in [5.41, 5.74) is 1.51. The van der Waals surface area contributed by atoms with Crippen LogP contribution in [-0.4, -0.2) is 69.8 Å². The smallest absolute Gasteiger partial charge is 0.243 e. The average Bonchev–Trinajstić information content (AvgIpc) is 2.94. The van der Waals surface area contributed by atoms with Crippen molar-refractivity contribution >= 4 is 38.2 Å². The molecule has 39 heavy (non-hydrogen) atoms. The molecular weight excluding hydrogens is 542 g/mol. The van der Waals surface area contributed by atoms with Crippen molar-refractivity contribution in [2.24, 2.45) is 5.92 Å². The number of carbonyl (C=O) groups excluding carboxylic acids is 1. The number of hydroxylamine groups is 2. The Bertz CT molecular complexity index is 1650. The normalized spacial score (nSPS) is 25.5. The number of hydrogen-bond acceptors (Lipinski definition) is 8. The minimum Gasteiger partial charge on any atom is -0.634 e. The van der Waals surface area contributed by atoms with E-state index in [2.05, 4.69) is 15.0 Å². The summed E-state index contributed by atoms with van der Waals surface area (Å²) in [5, 5.41) is 25.9. The van der Waals surface area contributed by atoms with Gasteiger partial charge in [-0.1, -0.05) is 23.7 Å². The lowest BCUT2D eigenvalue weighted by Crippen LogP contribution is -3.21. The summed E-state index contributed by atoms with van der Waals surface area (Å²) < 4.78 is 28.5. The van der Waals surface area contributed by atoms with Gasteiger partial charge in [0.05, 0.1) is 24.1 Å². The van der Waals surface area contributed by atoms with E-state index in [1.807, 2.05) is 0 Å². The molecule has 12 heteroatoms. The van der Waals surface area contributed by atoms with E-state index >= 15 is 0 Å². The fourth-order valence-corrected chi connectivity index (χ4v) is 7.29. The lowest BCUT2D eigenvalue weighted by atomic mass is 9.79. The van der Waals surface area contributed by atoms with Crippen LogP contribution in [0.3, 0.4) is 0 Å². The zero-order valence-electron chi connectivity index (χ0n) is 20.5. The van der Waals surface area contributed by atoms with Gasteiger partial charge in [-0.25, -0.2) is 18.4 Å². The van der Waals surface area contributed by atoms with E-state index in [0.717, 1.165) is 10.9 Å². The molecule has 0 amide bonds. The van der Waals surface area contributed by atoms with Gasteiger partial charge in [-0.05, 0) is 52.7 Å². The molecule has 200 valence electrons. The Balaban J connectivity index is 1.27. The van der Waals surface area contributed by atoms with Crippen LogP contribution in [0.1, 0.15) is 17.0 Å². The Morgan fingerprint density at radius 3 is 2.44 bits per heavy atom. The van der Waals surface area contributed by atoms with E-state index < -0.39 is 39.9 Å². The second-order valence-corrected chi connectivity index (χ2v) is 12.3. The number of benzene rings is 2. The molecule has 5 atom stereocenters. The first kappa shape index (κ1) is 25.9. The quantitative estimate of drug-likeness (QED) is 0.275. The molecule has 2 bridgehead atoms. The number of piperazine rings is 1. The van der Waals surface area contributed by atoms with Crippen LogP contribution in [0.2, 0.25) is 5.02 Å². The molecule has 0 radical (unpaired) electrons. The maximum Gasteiger partial charge on any atom is 0.243 e. The van der Waals surface area contributed by atoms with Gasteiger partial charge in [-0.3, -0.25) is 9.78 Å². The number of halogens is 1. The van der Waals surface area contributed by atoms with Gasteiger partial charge in [0.1, 0.15) is 18.0 Å². The van der Waals surface area contributed by atoms with Gasteiger partial charge in [-0.15, -0.1) is 0 Å². The molecule has 2 aromatic carbocycles. The van der Waals surface area contributed by atoms with Gasteiger partial charge in [0.2, 0.25) is 15.8 Å². The van der Waals surface area contributed by atoms with Crippen LogP contribution in [-0.2, 0) is 10.0 Å². The highest BCUT2D eigenvalue weighted by molar-refractivity contribution is 7.89. The number of nitrogens with one attached hydrogen (secondary N) is 1. The van der Waals surface area contributed by atoms with Crippen molar-refractivity contribution in [1.29, 1.82) is 0 Å². The molecule has 4 heterocycles. The monoisotopic (exact) mass is 565 g/mol. The third-order valence-electron chi connectivity index (χ3n) is 7.57. The van der Waals surface area contributed by atoms with Crippen molar-refractivity contribution in [3.63, 3.8) is 0 Å². The molecule has 6 rings (SSSR count). The number of Topliss-reactive ketones (excluding diaryl/α,β-unsaturated/α-hetero) is 1. The lowest BCUT2D eigenvalue weighted by molar-refractivity contribution is -0.916. The van der Waals surface area contributed by atoms with Crippen molar-refractivity contribution in [2.75, 3.05) is 13.1 Å². The number of pyridine rings is 1. The number of rotatable bonds is 5. The summed E-state index contributed by atoms with van der Waals surface area (Å²) in [6.45, 7) is -0.260. The molecule has 5 unspecified atom stereocenters. The number of carbonyl (C=O) groups is 1. The second kappa shape index (κ2) is 10.0. The topological polar surface area (TPSA) is 141 Å². The van der Waals surface area contributed by atoms with E-state index in [1.54, 1.807) is 54.9 Å². The molecule has 4 aromatic rings. The standard InChI is InChI=1S/C27H24ClN5O5S/c28-20-3-1-18-10-22(4-2-17(18)9-20)39(37,38)32-14-21-11-24(34)25(23(15-32)33(21)36)26(35)27-30-12-19(13-31-27)16-5-7-29-8-6-16/h1-10,12-13,21,23-25,33-34H,11,14-15H2. The van der Waals surface area contributed by atoms with Crippen molar-refractivity contribution < 1.29 is 23.4 Å². The molecule has 2 aliphatic heterocycles. The SMILES string of the molecule is O=C(c1ncc(-c2ccncc2)cn1)C1C(O)CC2CN(S(=O)(=O)c3ccc4cc(Cl)ccc4c3)CC1[NH+]2[O-]. The van der Waals surface area contributed by atoms with Crippen molar-refractivity contribution in [3.8, 4) is 11.1 Å². The van der Waals surface area contributed by atoms with E-state index in [1.165, 1.54) is 22.8 Å². The fourth-order valence-electron chi connectivity index (χ4n) is 5.57. The Labute approximate surface area is 229 Å². The van der Waals surface area contributed by atoms with E-state index in [9.17, 15) is 23.5 Å². The summed E-state index contributed by atoms with van der Waals surface area (Å²) in [6, 6.07) is 11.8. The summed E-state index contributed by atoms with van der Waals surface area (Å²) in [6.07, 6.45) is 5.14. The van der Waals surface area contributed by atoms with Gasteiger partial charge in [0.25, 0.3) is 0 Å². The number of quaternary nitrogens is 1. The molecule has 2 aliphatic rings. The Hall–Kier alpha value is -3.32. The largest absolute Gasteiger partial charge is 0.634 e. The maximum atomic E-state index is 13.6. The van der Waals surface area contributed by atoms with E-state index in [4.69, 9.17) is 11.6 Å². The number of aliphatic hydroxyl groups is 1. The molecule has 0 saturated carbocycles. The Morgan fingerprint density at radius 2 is 1.69 bits per heavy atom. The third-order valence-corrected chi connectivity index (χ3v) is 9.63. The first-order chi connectivity index (χ1) is 18.7. The van der Waals surface area contributed by atoms with Crippen LogP contribution in [0.25, 0.3) is 21.9 Å². The Morgan fingerprint density at radius 1 is 1.00 bits per heavy atom. The van der Waals surface area contributed by atoms with Crippen LogP contribution < -0.4 is 5.06 Å². The molecule has 2 fully saturated rings. The molecule has 2 N–H and O–H groups in total. The highest BCUT2D eigenvalue weighted by Crippen LogP contribution is 2.30. The van der Waals surface area contributed by atoms with Gasteiger partial charge in [-0.2, -0.15) is 4.31 Å². The summed E-state index contributed by atoms with van der Waals surface area (Å²) in [5.74, 6) is -1.85. The van der Waals surface area contributed by atoms with Crippen LogP contribution in [0, 0.1) is 11.1 Å². The predicted octanol–water partition coefficient (Wildman–Crippen LogP) is 1.73. The molecule has 0 spiro atoms. The highest BCUT2D eigenvalue weighted by atomic mass is 35.5. The molecule has 0 aliphatic carbocycles. The van der Waals surface area contributed by atoms with Crippen LogP contribution in [0.5, 0.6) is 0 Å². The van der Waals surface area contributed by atoms with Crippen molar-refractivity contribution in [3.05, 3.63) is 89.4 Å². The molecular formula is C27H24ClN5O5S. The van der Waals surface area contributed by atoms with E-state index in [-0.39, 0.29) is 35.3 Å². The zero-order valence-corrected chi connectivity index (χ0v) is 22.1. The number of hydrogen-bond donors (Lipinski definition) is 2.